The van der Waals surface area contributed by atoms with Crippen LogP contribution in [0, 0.1) is 0 Å². The predicted molar refractivity (Wildman–Crippen MR) is 73.0 cm³/mol. The summed E-state index contributed by atoms with van der Waals surface area (Å²) in [7, 11) is 0. The zero-order valence-electron chi connectivity index (χ0n) is 11.3. The Balaban J connectivity index is 2.73. The van der Waals surface area contributed by atoms with Crippen molar-refractivity contribution in [3.05, 3.63) is 52.4 Å². The summed E-state index contributed by atoms with van der Waals surface area (Å²) < 4.78 is 0. The van der Waals surface area contributed by atoms with Gasteiger partial charge in [-0.1, -0.05) is 23.3 Å². The fourth-order valence-corrected chi connectivity index (χ4v) is 2.60. The number of hydrogen-bond acceptors (Lipinski definition) is 3. The van der Waals surface area contributed by atoms with Crippen molar-refractivity contribution in [1.29, 1.82) is 0 Å². The molecule has 0 aromatic carbocycles. The van der Waals surface area contributed by atoms with E-state index in [4.69, 9.17) is 0 Å². The van der Waals surface area contributed by atoms with Gasteiger partial charge in [0.05, 0.1) is 11.1 Å². The summed E-state index contributed by atoms with van der Waals surface area (Å²) in [6, 6.07) is 0. The maximum atomic E-state index is 11.4. The third-order valence-corrected chi connectivity index (χ3v) is 3.53. The van der Waals surface area contributed by atoms with E-state index in [-0.39, 0.29) is 17.0 Å². The summed E-state index contributed by atoms with van der Waals surface area (Å²) in [6.07, 6.45) is 7.16. The van der Waals surface area contributed by atoms with Crippen LogP contribution in [0.4, 0.5) is 0 Å². The average Bonchev–Trinajstić information content (AvgIpc) is 2.38. The van der Waals surface area contributed by atoms with Gasteiger partial charge in [-0.3, -0.25) is 4.98 Å². The molecule has 0 aliphatic heterocycles. The van der Waals surface area contributed by atoms with Gasteiger partial charge in [0, 0.05) is 18.3 Å². The van der Waals surface area contributed by atoms with Crippen LogP contribution in [0.2, 0.25) is 0 Å². The Morgan fingerprint density at radius 1 is 1.05 bits per heavy atom. The zero-order chi connectivity index (χ0) is 14.9. The van der Waals surface area contributed by atoms with Crippen LogP contribution in [0.5, 0.6) is 0 Å². The van der Waals surface area contributed by atoms with Crippen molar-refractivity contribution in [2.45, 2.75) is 26.2 Å². The van der Waals surface area contributed by atoms with Gasteiger partial charge in [-0.2, -0.15) is 0 Å². The maximum absolute atomic E-state index is 11.4. The quantitative estimate of drug-likeness (QED) is 0.827. The van der Waals surface area contributed by atoms with Crippen molar-refractivity contribution in [2.75, 3.05) is 0 Å². The molecule has 1 aliphatic carbocycles. The number of pyridine rings is 1. The molecule has 0 radical (unpaired) electrons. The molecule has 104 valence electrons. The van der Waals surface area contributed by atoms with E-state index >= 15 is 0 Å². The summed E-state index contributed by atoms with van der Waals surface area (Å²) in [4.78, 5) is 26.5. The molecular weight excluding hydrogens is 258 g/mol. The monoisotopic (exact) mass is 273 g/mol. The minimum atomic E-state index is -1.17. The first kappa shape index (κ1) is 14.0. The van der Waals surface area contributed by atoms with Crippen molar-refractivity contribution in [3.63, 3.8) is 0 Å². The lowest BCUT2D eigenvalue weighted by Gasteiger charge is -2.25. The van der Waals surface area contributed by atoms with Crippen molar-refractivity contribution < 1.29 is 19.8 Å². The lowest BCUT2D eigenvalue weighted by Crippen LogP contribution is -2.17. The second-order valence-electron chi connectivity index (χ2n) is 4.82. The SMILES string of the molecule is CC1=CCC=C(C)C1c1c(C(=O)O)cncc1C(=O)O. The van der Waals surface area contributed by atoms with Gasteiger partial charge in [0.1, 0.15) is 0 Å². The fraction of sp³-hybridized carbons (Fsp3) is 0.267. The molecule has 1 aromatic heterocycles. The van der Waals surface area contributed by atoms with Crippen molar-refractivity contribution in [1.82, 2.24) is 4.98 Å². The molecule has 0 saturated carbocycles. The first-order valence-corrected chi connectivity index (χ1v) is 6.21. The predicted octanol–water partition coefficient (Wildman–Crippen LogP) is 2.86. The second-order valence-corrected chi connectivity index (χ2v) is 4.82. The number of rotatable bonds is 3. The molecule has 0 amide bonds. The van der Waals surface area contributed by atoms with E-state index in [0.29, 0.717) is 5.56 Å². The highest BCUT2D eigenvalue weighted by atomic mass is 16.4. The molecule has 0 spiro atoms. The third kappa shape index (κ3) is 2.34. The Bertz CT molecular complexity index is 593. The number of carboxylic acids is 2. The smallest absolute Gasteiger partial charge is 0.337 e. The molecule has 2 rings (SSSR count). The van der Waals surface area contributed by atoms with Crippen LogP contribution in [-0.4, -0.2) is 27.1 Å². The van der Waals surface area contributed by atoms with Gasteiger partial charge < -0.3 is 10.2 Å². The molecule has 1 aliphatic rings. The topological polar surface area (TPSA) is 87.5 Å². The lowest BCUT2D eigenvalue weighted by atomic mass is 9.79. The number of aromatic nitrogens is 1. The highest BCUT2D eigenvalue weighted by molar-refractivity contribution is 5.97. The van der Waals surface area contributed by atoms with E-state index in [2.05, 4.69) is 4.98 Å². The Hall–Kier alpha value is -2.43. The Labute approximate surface area is 116 Å². The Morgan fingerprint density at radius 2 is 1.50 bits per heavy atom. The van der Waals surface area contributed by atoms with E-state index < -0.39 is 11.9 Å². The number of allylic oxidation sites excluding steroid dienone is 4. The second kappa shape index (κ2) is 5.28. The Morgan fingerprint density at radius 3 is 1.90 bits per heavy atom. The molecule has 5 heteroatoms. The van der Waals surface area contributed by atoms with Crippen LogP contribution in [-0.2, 0) is 0 Å². The standard InChI is InChI=1S/C15H15NO4/c1-8-4-3-5-9(2)12(8)13-10(14(17)18)6-16-7-11(13)15(19)20/h4-7,12H,3H2,1-2H3,(H,17,18)(H,19,20). The fourth-order valence-electron chi connectivity index (χ4n) is 2.60. The van der Waals surface area contributed by atoms with Gasteiger partial charge in [0.2, 0.25) is 0 Å². The van der Waals surface area contributed by atoms with Crippen LogP contribution >= 0.6 is 0 Å². The van der Waals surface area contributed by atoms with Crippen molar-refractivity contribution in [3.8, 4) is 0 Å². The van der Waals surface area contributed by atoms with Gasteiger partial charge in [-0.25, -0.2) is 9.59 Å². The van der Waals surface area contributed by atoms with Crippen molar-refractivity contribution >= 4 is 11.9 Å². The van der Waals surface area contributed by atoms with Crippen molar-refractivity contribution in [2.24, 2.45) is 0 Å². The van der Waals surface area contributed by atoms with E-state index in [9.17, 15) is 19.8 Å². The normalized spacial score (nSPS) is 15.5. The minimum absolute atomic E-state index is 0.0581. The first-order chi connectivity index (χ1) is 9.43. The summed E-state index contributed by atoms with van der Waals surface area (Å²) in [6.45, 7) is 3.78. The molecule has 5 nitrogen and oxygen atoms in total. The molecule has 0 unspecified atom stereocenters. The molecule has 0 bridgehead atoms. The molecule has 0 fully saturated rings. The number of hydrogen-bond donors (Lipinski definition) is 2. The first-order valence-electron chi connectivity index (χ1n) is 6.21. The van der Waals surface area contributed by atoms with Gasteiger partial charge >= 0.3 is 11.9 Å². The summed E-state index contributed by atoms with van der Waals surface area (Å²) in [5, 5.41) is 18.6. The number of aromatic carboxylic acids is 2. The van der Waals surface area contributed by atoms with Crippen LogP contribution in [0.3, 0.4) is 0 Å². The molecule has 20 heavy (non-hydrogen) atoms. The van der Waals surface area contributed by atoms with Crippen LogP contribution < -0.4 is 0 Å². The van der Waals surface area contributed by atoms with Gasteiger partial charge in [0.25, 0.3) is 0 Å². The van der Waals surface area contributed by atoms with E-state index in [0.717, 1.165) is 17.6 Å². The zero-order valence-corrected chi connectivity index (χ0v) is 11.3. The molecule has 1 aromatic rings. The molecular formula is C15H15NO4. The summed E-state index contributed by atoms with van der Waals surface area (Å²) in [5.41, 5.74) is 2.11. The highest BCUT2D eigenvalue weighted by Gasteiger charge is 2.28. The average molecular weight is 273 g/mol. The highest BCUT2D eigenvalue weighted by Crippen LogP contribution is 2.38. The number of carboxylic acid groups (broad SMARTS) is 2. The maximum Gasteiger partial charge on any atom is 0.337 e. The van der Waals surface area contributed by atoms with Gasteiger partial charge in [-0.05, 0) is 25.8 Å². The minimum Gasteiger partial charge on any atom is -0.478 e. The third-order valence-electron chi connectivity index (χ3n) is 3.53. The Kier molecular flexibility index (Phi) is 3.70. The van der Waals surface area contributed by atoms with Gasteiger partial charge in [0.15, 0.2) is 0 Å². The van der Waals surface area contributed by atoms with E-state index in [1.807, 2.05) is 26.0 Å². The molecule has 0 atom stereocenters. The number of carbonyl (C=O) groups is 2. The van der Waals surface area contributed by atoms with Crippen LogP contribution in [0.15, 0.2) is 35.7 Å². The largest absolute Gasteiger partial charge is 0.478 e. The summed E-state index contributed by atoms with van der Waals surface area (Å²) in [5.74, 6) is -2.65. The molecule has 0 saturated heterocycles. The lowest BCUT2D eigenvalue weighted by molar-refractivity contribution is 0.0694. The van der Waals surface area contributed by atoms with E-state index in [1.54, 1.807) is 0 Å². The molecule has 2 N–H and O–H groups in total. The van der Waals surface area contributed by atoms with E-state index in [1.165, 1.54) is 12.4 Å². The van der Waals surface area contributed by atoms with Gasteiger partial charge in [-0.15, -0.1) is 0 Å². The molecule has 1 heterocycles. The van der Waals surface area contributed by atoms with Crippen LogP contribution in [0.25, 0.3) is 0 Å². The summed E-state index contributed by atoms with van der Waals surface area (Å²) >= 11 is 0. The number of nitrogens with zero attached hydrogens (tertiary/aromatic N) is 1. The van der Waals surface area contributed by atoms with Crippen LogP contribution in [0.1, 0.15) is 52.5 Å².